The quantitative estimate of drug-likeness (QED) is 0.443. The van der Waals surface area contributed by atoms with Crippen LogP contribution in [-0.2, 0) is 9.59 Å². The van der Waals surface area contributed by atoms with Crippen LogP contribution in [0.15, 0.2) is 35.3 Å². The summed E-state index contributed by atoms with van der Waals surface area (Å²) in [6.07, 6.45) is 8.70. The molecule has 0 bridgehead atoms. The highest BCUT2D eigenvalue weighted by Gasteiger charge is 2.70. The first-order chi connectivity index (χ1) is 17.5. The fourth-order valence-electron chi connectivity index (χ4n) is 8.39. The Bertz CT molecular complexity index is 1370. The number of aromatic nitrogens is 4. The highest BCUT2D eigenvalue weighted by atomic mass is 32.2. The molecule has 5 N–H and O–H groups in total. The number of aliphatic hydroxyl groups is 2. The van der Waals surface area contributed by atoms with E-state index in [0.717, 1.165) is 24.8 Å². The number of anilines is 1. The number of fused-ring (bicyclic) bond motifs is 6. The lowest BCUT2D eigenvalue weighted by atomic mass is 9.46. The molecule has 0 spiro atoms. The molecule has 2 aromatic rings. The Hall–Kier alpha value is -2.56. The van der Waals surface area contributed by atoms with Crippen LogP contribution in [0, 0.1) is 34.5 Å². The highest BCUT2D eigenvalue weighted by Crippen LogP contribution is 2.68. The predicted molar refractivity (Wildman–Crippen MR) is 139 cm³/mol. The number of nitrogens with one attached hydrogen (secondary N) is 1. The first kappa shape index (κ1) is 24.8. The van der Waals surface area contributed by atoms with E-state index in [-0.39, 0.29) is 52.2 Å². The van der Waals surface area contributed by atoms with E-state index >= 15 is 0 Å². The lowest BCUT2D eigenvalue weighted by Gasteiger charge is -2.59. The molecule has 6 unspecified atom stereocenters. The van der Waals surface area contributed by atoms with Gasteiger partial charge < -0.3 is 20.9 Å². The molecule has 6 rings (SSSR count). The van der Waals surface area contributed by atoms with E-state index in [2.05, 4.69) is 26.9 Å². The summed E-state index contributed by atoms with van der Waals surface area (Å²) in [4.78, 5) is 41.4. The van der Waals surface area contributed by atoms with Gasteiger partial charge in [0.1, 0.15) is 17.4 Å². The van der Waals surface area contributed by atoms with Crippen molar-refractivity contribution in [2.75, 3.05) is 11.5 Å². The molecule has 0 saturated heterocycles. The van der Waals surface area contributed by atoms with E-state index in [1.807, 2.05) is 19.9 Å². The maximum absolute atomic E-state index is 13.8. The van der Waals surface area contributed by atoms with Gasteiger partial charge in [0.2, 0.25) is 0 Å². The molecule has 10 heteroatoms. The monoisotopic (exact) mass is 523 g/mol. The van der Waals surface area contributed by atoms with Gasteiger partial charge in [-0.1, -0.05) is 44.2 Å². The molecule has 37 heavy (non-hydrogen) atoms. The molecule has 9 nitrogen and oxygen atoms in total. The third-order valence-electron chi connectivity index (χ3n) is 10.1. The summed E-state index contributed by atoms with van der Waals surface area (Å²) < 4.78 is 0. The van der Waals surface area contributed by atoms with Gasteiger partial charge in [0, 0.05) is 16.7 Å². The average Bonchev–Trinajstić information content (AvgIpc) is 3.36. The molecular weight excluding hydrogens is 490 g/mol. The van der Waals surface area contributed by atoms with E-state index in [4.69, 9.17) is 5.73 Å². The zero-order chi connectivity index (χ0) is 26.3. The Balaban J connectivity index is 1.27. The van der Waals surface area contributed by atoms with Crippen LogP contribution in [0.3, 0.4) is 0 Å². The number of hydrogen-bond acceptors (Lipinski definition) is 9. The maximum Gasteiger partial charge on any atom is 0.183 e. The van der Waals surface area contributed by atoms with E-state index in [0.29, 0.717) is 22.7 Å². The average molecular weight is 524 g/mol. The summed E-state index contributed by atoms with van der Waals surface area (Å²) in [6, 6.07) is 0. The van der Waals surface area contributed by atoms with Gasteiger partial charge in [-0.2, -0.15) is 0 Å². The van der Waals surface area contributed by atoms with Crippen molar-refractivity contribution in [2.45, 2.75) is 63.3 Å². The summed E-state index contributed by atoms with van der Waals surface area (Å²) in [6.45, 7) is 6.08. The number of hydrogen-bond donors (Lipinski definition) is 4. The van der Waals surface area contributed by atoms with E-state index in [9.17, 15) is 19.8 Å². The van der Waals surface area contributed by atoms with Crippen LogP contribution in [0.1, 0.15) is 46.5 Å². The van der Waals surface area contributed by atoms with Crippen LogP contribution >= 0.6 is 11.8 Å². The Morgan fingerprint density at radius 3 is 2.86 bits per heavy atom. The molecule has 0 amide bonds. The Morgan fingerprint density at radius 1 is 1.32 bits per heavy atom. The van der Waals surface area contributed by atoms with Crippen LogP contribution in [0.2, 0.25) is 0 Å². The molecule has 8 atom stereocenters. The van der Waals surface area contributed by atoms with Crippen molar-refractivity contribution in [2.24, 2.45) is 34.5 Å². The summed E-state index contributed by atoms with van der Waals surface area (Å²) >= 11 is 1.22. The van der Waals surface area contributed by atoms with E-state index in [1.54, 1.807) is 12.2 Å². The molecule has 0 aromatic carbocycles. The summed E-state index contributed by atoms with van der Waals surface area (Å²) in [5.74, 6) is 0.0520. The zero-order valence-corrected chi connectivity index (χ0v) is 22.1. The smallest absolute Gasteiger partial charge is 0.183 e. The standard InChI is InChI=1S/C27H33N5O4S/c1-13-8-17-16-5-4-14-9-15(33)6-7-25(14,2)20(16)18(34)10-26(17,3)27(13,36)19(35)11-37-24-31-21-22(28)29-12-30-23(21)32-24/h6-7,9,12-13,16-18,20,34,36H,4-5,8,10-11H2,1-3H3,(H3,28,29,30,31,32)/t13-,16?,17?,18?,20?,25?,26?,27+/m1/s1. The maximum atomic E-state index is 13.8. The molecule has 0 radical (unpaired) electrons. The molecule has 2 aromatic heterocycles. The van der Waals surface area contributed by atoms with Crippen molar-refractivity contribution < 1.29 is 19.8 Å². The number of nitrogens with two attached hydrogens (primary N) is 1. The molecule has 2 heterocycles. The second-order valence-corrected chi connectivity index (χ2v) is 12.8. The van der Waals surface area contributed by atoms with Crippen molar-refractivity contribution in [1.82, 2.24) is 19.9 Å². The van der Waals surface area contributed by atoms with Gasteiger partial charge in [-0.05, 0) is 55.6 Å². The molecule has 196 valence electrons. The van der Waals surface area contributed by atoms with Crippen LogP contribution < -0.4 is 5.73 Å². The minimum atomic E-state index is -1.56. The van der Waals surface area contributed by atoms with Crippen LogP contribution in [-0.4, -0.2) is 59.2 Å². The summed E-state index contributed by atoms with van der Waals surface area (Å²) in [5, 5.41) is 24.2. The Kier molecular flexibility index (Phi) is 5.50. The number of Topliss-reactive ketones (excluding diaryl/α,β-unsaturated/α-hetero) is 1. The third kappa shape index (κ3) is 3.34. The Labute approximate surface area is 219 Å². The fraction of sp³-hybridized carbons (Fsp3) is 0.593. The number of nitrogen functional groups attached to an aromatic ring is 1. The number of H-pyrrole nitrogens is 1. The largest absolute Gasteiger partial charge is 0.393 e. The molecule has 4 aliphatic rings. The van der Waals surface area contributed by atoms with Crippen molar-refractivity contribution in [1.29, 1.82) is 0 Å². The number of aliphatic hydroxyl groups excluding tert-OH is 1. The van der Waals surface area contributed by atoms with Crippen LogP contribution in [0.4, 0.5) is 5.82 Å². The number of carbonyl (C=O) groups is 2. The third-order valence-corrected chi connectivity index (χ3v) is 11.0. The lowest BCUT2D eigenvalue weighted by Crippen LogP contribution is -2.62. The fourth-order valence-corrected chi connectivity index (χ4v) is 9.20. The normalized spacial score (nSPS) is 40.7. The lowest BCUT2D eigenvalue weighted by molar-refractivity contribution is -0.179. The number of carbonyl (C=O) groups excluding carboxylic acids is 2. The molecule has 0 aliphatic heterocycles. The zero-order valence-electron chi connectivity index (χ0n) is 21.3. The number of rotatable bonds is 4. The molecule has 4 aliphatic carbocycles. The van der Waals surface area contributed by atoms with Gasteiger partial charge in [-0.15, -0.1) is 0 Å². The molecular formula is C27H33N5O4S. The molecule has 3 saturated carbocycles. The topological polar surface area (TPSA) is 155 Å². The van der Waals surface area contributed by atoms with Crippen molar-refractivity contribution >= 4 is 40.3 Å². The number of thioether (sulfide) groups is 1. The SMILES string of the molecule is C[C@@H]1CC2C3CCC4=CC(=O)C=CC4(C)C3C(O)CC2(C)[C@@]1(O)C(=O)CSc1nc2ncnc(N)c2[nH]1. The van der Waals surface area contributed by atoms with Crippen molar-refractivity contribution in [3.8, 4) is 0 Å². The minimum absolute atomic E-state index is 0.00667. The summed E-state index contributed by atoms with van der Waals surface area (Å²) in [7, 11) is 0. The van der Waals surface area contributed by atoms with Gasteiger partial charge in [0.05, 0.1) is 11.9 Å². The predicted octanol–water partition coefficient (Wildman–Crippen LogP) is 2.85. The van der Waals surface area contributed by atoms with E-state index in [1.165, 1.54) is 18.1 Å². The summed E-state index contributed by atoms with van der Waals surface area (Å²) in [5.41, 5.74) is 5.25. The van der Waals surface area contributed by atoms with Gasteiger partial charge in [0.15, 0.2) is 28.2 Å². The second-order valence-electron chi connectivity index (χ2n) is 11.8. The second kappa shape index (κ2) is 8.22. The number of imidazole rings is 1. The van der Waals surface area contributed by atoms with Crippen molar-refractivity contribution in [3.05, 3.63) is 30.1 Å². The highest BCUT2D eigenvalue weighted by molar-refractivity contribution is 7.99. The van der Waals surface area contributed by atoms with E-state index < -0.39 is 17.1 Å². The van der Waals surface area contributed by atoms with Crippen LogP contribution in [0.25, 0.3) is 11.2 Å². The van der Waals surface area contributed by atoms with Gasteiger partial charge >= 0.3 is 0 Å². The first-order valence-corrected chi connectivity index (χ1v) is 13.9. The number of nitrogens with zero attached hydrogens (tertiary/aromatic N) is 3. The minimum Gasteiger partial charge on any atom is -0.393 e. The van der Waals surface area contributed by atoms with Crippen molar-refractivity contribution in [3.63, 3.8) is 0 Å². The van der Waals surface area contributed by atoms with Crippen LogP contribution in [0.5, 0.6) is 0 Å². The van der Waals surface area contributed by atoms with Gasteiger partial charge in [-0.3, -0.25) is 9.59 Å². The van der Waals surface area contributed by atoms with Gasteiger partial charge in [0.25, 0.3) is 0 Å². The van der Waals surface area contributed by atoms with Gasteiger partial charge in [-0.25, -0.2) is 15.0 Å². The molecule has 3 fully saturated rings. The number of ketones is 2. The first-order valence-electron chi connectivity index (χ1n) is 13.0. The number of aromatic amines is 1. The Morgan fingerprint density at radius 2 is 2.11 bits per heavy atom. The number of allylic oxidation sites excluding steroid dienone is 4.